The van der Waals surface area contributed by atoms with Gasteiger partial charge in [-0.15, -0.1) is 0 Å². The van der Waals surface area contributed by atoms with Crippen molar-refractivity contribution >= 4 is 25.8 Å². The third kappa shape index (κ3) is 4.52. The van der Waals surface area contributed by atoms with Gasteiger partial charge in [-0.2, -0.15) is 4.31 Å². The summed E-state index contributed by atoms with van der Waals surface area (Å²) in [5.74, 6) is 0.0482. The molecule has 2 saturated heterocycles. The Bertz CT molecular complexity index is 932. The Hall–Kier alpha value is -1.45. The largest absolute Gasteiger partial charge is 0.340 e. The molecule has 1 amide bonds. The van der Waals surface area contributed by atoms with Crippen molar-refractivity contribution in [2.24, 2.45) is 5.92 Å². The highest BCUT2D eigenvalue weighted by Gasteiger charge is 2.34. The fraction of sp³-hybridized carbons (Fsp3) is 0.611. The molecule has 0 aromatic heterocycles. The molecule has 0 radical (unpaired) electrons. The second-order valence-corrected chi connectivity index (χ2v) is 11.7. The van der Waals surface area contributed by atoms with Crippen molar-refractivity contribution in [2.45, 2.75) is 31.6 Å². The molecule has 7 nitrogen and oxygen atoms in total. The minimum absolute atomic E-state index is 0.0825. The zero-order valence-corrected chi connectivity index (χ0v) is 17.4. The molecule has 0 unspecified atom stereocenters. The molecule has 0 N–H and O–H groups in total. The molecular formula is C18H26N2O5S2. The van der Waals surface area contributed by atoms with Crippen LogP contribution in [-0.2, 0) is 24.7 Å². The van der Waals surface area contributed by atoms with E-state index in [2.05, 4.69) is 0 Å². The van der Waals surface area contributed by atoms with Crippen LogP contribution in [0.2, 0.25) is 0 Å². The van der Waals surface area contributed by atoms with Crippen LogP contribution in [0.1, 0.15) is 24.0 Å². The molecule has 2 aliphatic heterocycles. The molecule has 27 heavy (non-hydrogen) atoms. The van der Waals surface area contributed by atoms with Crippen LogP contribution < -0.4 is 0 Å². The minimum atomic E-state index is -3.59. The summed E-state index contributed by atoms with van der Waals surface area (Å²) < 4.78 is 50.4. The first kappa shape index (κ1) is 20.3. The van der Waals surface area contributed by atoms with Crippen LogP contribution in [0.5, 0.6) is 0 Å². The second kappa shape index (κ2) is 7.52. The first-order valence-corrected chi connectivity index (χ1v) is 12.4. The number of hydrogen-bond donors (Lipinski definition) is 0. The standard InChI is InChI=1S/C18H26N2O5S2/c1-14-3-4-15(2)17(11-14)27(24,25)20-8-6-19(7-9-20)18(21)12-16-5-10-26(22,23)13-16/h3-4,11,16H,5-10,12-13H2,1-2H3/t16-/m1/s1. The Morgan fingerprint density at radius 3 is 2.41 bits per heavy atom. The van der Waals surface area contributed by atoms with Gasteiger partial charge in [-0.25, -0.2) is 16.8 Å². The SMILES string of the molecule is Cc1ccc(C)c(S(=O)(=O)N2CCN(C(=O)C[C@H]3CCS(=O)(=O)C3)CC2)c1. The zero-order chi connectivity index (χ0) is 19.8. The van der Waals surface area contributed by atoms with Gasteiger partial charge < -0.3 is 4.90 Å². The molecule has 0 saturated carbocycles. The predicted octanol–water partition coefficient (Wildman–Crippen LogP) is 0.961. The van der Waals surface area contributed by atoms with Gasteiger partial charge in [-0.1, -0.05) is 12.1 Å². The fourth-order valence-electron chi connectivity index (χ4n) is 3.71. The van der Waals surface area contributed by atoms with Crippen molar-refractivity contribution in [3.05, 3.63) is 29.3 Å². The number of rotatable bonds is 4. The summed E-state index contributed by atoms with van der Waals surface area (Å²) in [4.78, 5) is 14.4. The summed E-state index contributed by atoms with van der Waals surface area (Å²) in [5, 5.41) is 0. The molecule has 1 aromatic rings. The van der Waals surface area contributed by atoms with Crippen molar-refractivity contribution in [2.75, 3.05) is 37.7 Å². The Labute approximate surface area is 161 Å². The summed E-state index contributed by atoms with van der Waals surface area (Å²) in [6, 6.07) is 5.37. The average molecular weight is 415 g/mol. The molecule has 3 rings (SSSR count). The molecule has 150 valence electrons. The molecule has 9 heteroatoms. The van der Waals surface area contributed by atoms with Crippen LogP contribution in [0.25, 0.3) is 0 Å². The lowest BCUT2D eigenvalue weighted by atomic mass is 10.0. The van der Waals surface area contributed by atoms with Gasteiger partial charge in [0.05, 0.1) is 16.4 Å². The van der Waals surface area contributed by atoms with Gasteiger partial charge in [-0.3, -0.25) is 4.79 Å². The van der Waals surface area contributed by atoms with Gasteiger partial charge in [0.25, 0.3) is 0 Å². The Kier molecular flexibility index (Phi) is 5.65. The van der Waals surface area contributed by atoms with Crippen LogP contribution in [0.4, 0.5) is 0 Å². The number of carbonyl (C=O) groups is 1. The molecule has 1 aromatic carbocycles. The lowest BCUT2D eigenvalue weighted by Gasteiger charge is -2.34. The van der Waals surface area contributed by atoms with E-state index >= 15 is 0 Å². The summed E-state index contributed by atoms with van der Waals surface area (Å²) in [6.07, 6.45) is 0.762. The van der Waals surface area contributed by atoms with Crippen LogP contribution in [0, 0.1) is 19.8 Å². The maximum Gasteiger partial charge on any atom is 0.243 e. The highest BCUT2D eigenvalue weighted by Crippen LogP contribution is 2.25. The van der Waals surface area contributed by atoms with Gasteiger partial charge in [0, 0.05) is 32.6 Å². The van der Waals surface area contributed by atoms with E-state index in [1.165, 1.54) is 4.31 Å². The quantitative estimate of drug-likeness (QED) is 0.732. The Morgan fingerprint density at radius 1 is 1.15 bits per heavy atom. The highest BCUT2D eigenvalue weighted by molar-refractivity contribution is 7.91. The molecule has 2 fully saturated rings. The van der Waals surface area contributed by atoms with Gasteiger partial charge >= 0.3 is 0 Å². The van der Waals surface area contributed by atoms with Crippen LogP contribution in [0.15, 0.2) is 23.1 Å². The average Bonchev–Trinajstić information content (AvgIpc) is 2.95. The molecule has 2 aliphatic rings. The van der Waals surface area contributed by atoms with Crippen LogP contribution in [0.3, 0.4) is 0 Å². The molecule has 0 bridgehead atoms. The smallest absolute Gasteiger partial charge is 0.243 e. The summed E-state index contributed by atoms with van der Waals surface area (Å²) in [6.45, 7) is 4.82. The first-order chi connectivity index (χ1) is 12.6. The molecule has 0 aliphatic carbocycles. The van der Waals surface area contributed by atoms with Gasteiger partial charge in [0.15, 0.2) is 9.84 Å². The van der Waals surface area contributed by atoms with E-state index in [-0.39, 0.29) is 42.8 Å². The Morgan fingerprint density at radius 2 is 1.81 bits per heavy atom. The summed E-state index contributed by atoms with van der Waals surface area (Å²) in [7, 11) is -6.58. The number of aryl methyl sites for hydroxylation is 2. The highest BCUT2D eigenvalue weighted by atomic mass is 32.2. The van der Waals surface area contributed by atoms with E-state index < -0.39 is 19.9 Å². The monoisotopic (exact) mass is 414 g/mol. The van der Waals surface area contributed by atoms with Gasteiger partial charge in [0.1, 0.15) is 0 Å². The minimum Gasteiger partial charge on any atom is -0.340 e. The second-order valence-electron chi connectivity index (χ2n) is 7.53. The number of amides is 1. The van der Waals surface area contributed by atoms with Crippen molar-refractivity contribution in [1.29, 1.82) is 0 Å². The van der Waals surface area contributed by atoms with E-state index in [1.807, 2.05) is 13.0 Å². The van der Waals surface area contributed by atoms with Crippen molar-refractivity contribution in [3.63, 3.8) is 0 Å². The lowest BCUT2D eigenvalue weighted by molar-refractivity contribution is -0.133. The summed E-state index contributed by atoms with van der Waals surface area (Å²) >= 11 is 0. The number of nitrogens with zero attached hydrogens (tertiary/aromatic N) is 2. The third-order valence-electron chi connectivity index (χ3n) is 5.34. The topological polar surface area (TPSA) is 91.8 Å². The molecule has 0 spiro atoms. The predicted molar refractivity (Wildman–Crippen MR) is 103 cm³/mol. The van der Waals surface area contributed by atoms with Crippen LogP contribution >= 0.6 is 0 Å². The maximum absolute atomic E-state index is 12.9. The number of sulfone groups is 1. The van der Waals surface area contributed by atoms with E-state index in [0.29, 0.717) is 30.0 Å². The van der Waals surface area contributed by atoms with Gasteiger partial charge in [-0.05, 0) is 43.4 Å². The molecule has 2 heterocycles. The Balaban J connectivity index is 1.61. The summed E-state index contributed by atoms with van der Waals surface area (Å²) in [5.41, 5.74) is 1.60. The fourth-order valence-corrected chi connectivity index (χ4v) is 7.31. The van der Waals surface area contributed by atoms with Crippen LogP contribution in [-0.4, -0.2) is 69.6 Å². The molecular weight excluding hydrogens is 388 g/mol. The number of sulfonamides is 1. The number of hydrogen-bond acceptors (Lipinski definition) is 5. The maximum atomic E-state index is 12.9. The van der Waals surface area contributed by atoms with E-state index in [4.69, 9.17) is 0 Å². The number of piperazine rings is 1. The zero-order valence-electron chi connectivity index (χ0n) is 15.7. The van der Waals surface area contributed by atoms with E-state index in [9.17, 15) is 21.6 Å². The lowest BCUT2D eigenvalue weighted by Crippen LogP contribution is -2.50. The van der Waals surface area contributed by atoms with E-state index in [0.717, 1.165) is 5.56 Å². The first-order valence-electron chi connectivity index (χ1n) is 9.14. The molecule has 1 atom stereocenters. The van der Waals surface area contributed by atoms with E-state index in [1.54, 1.807) is 24.0 Å². The van der Waals surface area contributed by atoms with Crippen molar-refractivity contribution < 1.29 is 21.6 Å². The normalized spacial score (nSPS) is 23.5. The van der Waals surface area contributed by atoms with Crippen molar-refractivity contribution in [3.8, 4) is 0 Å². The van der Waals surface area contributed by atoms with Gasteiger partial charge in [0.2, 0.25) is 15.9 Å². The number of carbonyl (C=O) groups excluding carboxylic acids is 1. The number of benzene rings is 1. The van der Waals surface area contributed by atoms with Crippen molar-refractivity contribution in [1.82, 2.24) is 9.21 Å². The third-order valence-corrected chi connectivity index (χ3v) is 9.22.